The minimum absolute atomic E-state index is 0.111. The van der Waals surface area contributed by atoms with Gasteiger partial charge >= 0.3 is 11.9 Å². The molecule has 0 aliphatic rings. The van der Waals surface area contributed by atoms with Crippen LogP contribution in [0.3, 0.4) is 0 Å². The highest BCUT2D eigenvalue weighted by molar-refractivity contribution is 5.93. The Balaban J connectivity index is 2.88. The molecule has 0 aliphatic carbocycles. The maximum atomic E-state index is 12.3. The summed E-state index contributed by atoms with van der Waals surface area (Å²) in [6.45, 7) is 1.90. The van der Waals surface area contributed by atoms with Crippen LogP contribution in [-0.2, 0) is 6.42 Å². The van der Waals surface area contributed by atoms with Crippen LogP contribution < -0.4 is 5.43 Å². The SMILES string of the molecule is CCCCc1c(C(=O)O)c(=O)c(C(=O)O)nn1-c1cccc(C#N)c1. The van der Waals surface area contributed by atoms with Gasteiger partial charge in [0.15, 0.2) is 0 Å². The van der Waals surface area contributed by atoms with Crippen LogP contribution in [-0.4, -0.2) is 31.9 Å². The number of aromatic nitrogens is 2. The molecule has 8 heteroatoms. The fraction of sp³-hybridized carbons (Fsp3) is 0.235. The van der Waals surface area contributed by atoms with Gasteiger partial charge in [-0.25, -0.2) is 14.3 Å². The second kappa shape index (κ2) is 7.40. The van der Waals surface area contributed by atoms with E-state index < -0.39 is 28.6 Å². The molecule has 8 nitrogen and oxygen atoms in total. The molecule has 1 heterocycles. The largest absolute Gasteiger partial charge is 0.477 e. The van der Waals surface area contributed by atoms with Gasteiger partial charge in [0.25, 0.3) is 0 Å². The molecular formula is C17H15N3O5. The summed E-state index contributed by atoms with van der Waals surface area (Å²) in [6.07, 6.45) is 1.56. The van der Waals surface area contributed by atoms with Crippen LogP contribution in [0.1, 0.15) is 51.9 Å². The Labute approximate surface area is 142 Å². The van der Waals surface area contributed by atoms with E-state index in [2.05, 4.69) is 5.10 Å². The van der Waals surface area contributed by atoms with E-state index >= 15 is 0 Å². The van der Waals surface area contributed by atoms with Crippen molar-refractivity contribution >= 4 is 11.9 Å². The number of nitriles is 1. The standard InChI is InChI=1S/C17H15N3O5/c1-2-3-7-12-13(16(22)23)15(21)14(17(24)25)19-20(12)11-6-4-5-10(8-11)9-18/h4-6,8H,2-3,7H2,1H3,(H,22,23)(H,24,25). The third-order valence-electron chi connectivity index (χ3n) is 3.59. The van der Waals surface area contributed by atoms with Gasteiger partial charge in [-0.05, 0) is 31.0 Å². The van der Waals surface area contributed by atoms with Gasteiger partial charge in [-0.3, -0.25) is 4.79 Å². The molecule has 0 saturated heterocycles. The second-order valence-electron chi connectivity index (χ2n) is 5.29. The third-order valence-corrected chi connectivity index (χ3v) is 3.59. The van der Waals surface area contributed by atoms with Crippen molar-refractivity contribution < 1.29 is 19.8 Å². The number of aromatic carboxylic acids is 2. The molecule has 0 aliphatic heterocycles. The molecule has 0 radical (unpaired) electrons. The van der Waals surface area contributed by atoms with Crippen molar-refractivity contribution in [3.63, 3.8) is 0 Å². The van der Waals surface area contributed by atoms with Gasteiger partial charge in [0.1, 0.15) is 5.56 Å². The van der Waals surface area contributed by atoms with E-state index in [1.807, 2.05) is 13.0 Å². The van der Waals surface area contributed by atoms with E-state index in [1.54, 1.807) is 18.2 Å². The van der Waals surface area contributed by atoms with Gasteiger partial charge in [0.2, 0.25) is 11.1 Å². The molecule has 0 unspecified atom stereocenters. The van der Waals surface area contributed by atoms with Gasteiger partial charge in [0.05, 0.1) is 23.0 Å². The minimum atomic E-state index is -1.61. The Bertz CT molecular complexity index is 940. The molecule has 128 valence electrons. The van der Waals surface area contributed by atoms with Crippen molar-refractivity contribution in [2.24, 2.45) is 0 Å². The average Bonchev–Trinajstić information content (AvgIpc) is 2.59. The summed E-state index contributed by atoms with van der Waals surface area (Å²) in [5.74, 6) is -3.12. The smallest absolute Gasteiger partial charge is 0.360 e. The number of carboxylic acids is 2. The zero-order valence-corrected chi connectivity index (χ0v) is 13.4. The lowest BCUT2D eigenvalue weighted by molar-refractivity contribution is 0.0685. The molecule has 0 fully saturated rings. The van der Waals surface area contributed by atoms with E-state index in [0.29, 0.717) is 17.7 Å². The Kier molecular flexibility index (Phi) is 5.29. The molecule has 0 spiro atoms. The number of nitrogens with zero attached hydrogens (tertiary/aromatic N) is 3. The maximum absolute atomic E-state index is 12.3. The number of rotatable bonds is 6. The zero-order chi connectivity index (χ0) is 18.6. The Morgan fingerprint density at radius 3 is 2.56 bits per heavy atom. The van der Waals surface area contributed by atoms with E-state index in [0.717, 1.165) is 11.1 Å². The van der Waals surface area contributed by atoms with E-state index in [-0.39, 0.29) is 12.1 Å². The van der Waals surface area contributed by atoms with Crippen molar-refractivity contribution in [3.05, 3.63) is 57.0 Å². The first-order chi connectivity index (χ1) is 11.9. The van der Waals surface area contributed by atoms with Gasteiger partial charge < -0.3 is 10.2 Å². The molecule has 2 N–H and O–H groups in total. The molecule has 1 aromatic heterocycles. The third kappa shape index (κ3) is 3.55. The molecule has 2 rings (SSSR count). The first-order valence-corrected chi connectivity index (χ1v) is 7.54. The normalized spacial score (nSPS) is 10.2. The lowest BCUT2D eigenvalue weighted by Gasteiger charge is -2.15. The summed E-state index contributed by atoms with van der Waals surface area (Å²) < 4.78 is 1.13. The lowest BCUT2D eigenvalue weighted by atomic mass is 10.1. The average molecular weight is 341 g/mol. The van der Waals surface area contributed by atoms with E-state index in [4.69, 9.17) is 5.26 Å². The summed E-state index contributed by atoms with van der Waals surface area (Å²) in [7, 11) is 0. The van der Waals surface area contributed by atoms with Crippen LogP contribution in [0, 0.1) is 11.3 Å². The highest BCUT2D eigenvalue weighted by atomic mass is 16.4. The Hall–Kier alpha value is -3.47. The van der Waals surface area contributed by atoms with Gasteiger partial charge in [-0.15, -0.1) is 0 Å². The molecule has 0 saturated carbocycles. The lowest BCUT2D eigenvalue weighted by Crippen LogP contribution is -2.31. The molecule has 1 aromatic carbocycles. The molecular weight excluding hydrogens is 326 g/mol. The second-order valence-corrected chi connectivity index (χ2v) is 5.29. The number of carbonyl (C=O) groups is 2. The Morgan fingerprint density at radius 1 is 1.28 bits per heavy atom. The fourth-order valence-electron chi connectivity index (χ4n) is 2.42. The predicted octanol–water partition coefficient (Wildman–Crippen LogP) is 1.84. The number of unbranched alkanes of at least 4 members (excludes halogenated alkanes) is 1. The van der Waals surface area contributed by atoms with E-state index in [1.165, 1.54) is 6.07 Å². The highest BCUT2D eigenvalue weighted by Crippen LogP contribution is 2.17. The molecule has 0 bridgehead atoms. The Morgan fingerprint density at radius 2 is 2.00 bits per heavy atom. The predicted molar refractivity (Wildman–Crippen MR) is 87.1 cm³/mol. The number of carboxylic acid groups (broad SMARTS) is 2. The molecule has 2 aromatic rings. The first kappa shape index (κ1) is 17.9. The quantitative estimate of drug-likeness (QED) is 0.818. The van der Waals surface area contributed by atoms with Crippen molar-refractivity contribution in [2.45, 2.75) is 26.2 Å². The molecule has 25 heavy (non-hydrogen) atoms. The monoisotopic (exact) mass is 341 g/mol. The van der Waals surface area contributed by atoms with Gasteiger partial charge in [0, 0.05) is 0 Å². The summed E-state index contributed by atoms with van der Waals surface area (Å²) in [5, 5.41) is 31.5. The van der Waals surface area contributed by atoms with E-state index in [9.17, 15) is 24.6 Å². The van der Waals surface area contributed by atoms with Crippen molar-refractivity contribution in [1.82, 2.24) is 9.78 Å². The summed E-state index contributed by atoms with van der Waals surface area (Å²) in [6, 6.07) is 8.08. The fourth-order valence-corrected chi connectivity index (χ4v) is 2.42. The van der Waals surface area contributed by atoms with Gasteiger partial charge in [-0.1, -0.05) is 19.4 Å². The van der Waals surface area contributed by atoms with Crippen molar-refractivity contribution in [3.8, 4) is 11.8 Å². The van der Waals surface area contributed by atoms with Crippen LogP contribution >= 0.6 is 0 Å². The zero-order valence-electron chi connectivity index (χ0n) is 13.4. The van der Waals surface area contributed by atoms with Gasteiger partial charge in [-0.2, -0.15) is 10.4 Å². The number of hydrogen-bond acceptors (Lipinski definition) is 5. The maximum Gasteiger partial charge on any atom is 0.360 e. The molecule has 0 atom stereocenters. The summed E-state index contributed by atoms with van der Waals surface area (Å²) in [4.78, 5) is 35.2. The highest BCUT2D eigenvalue weighted by Gasteiger charge is 2.26. The van der Waals surface area contributed by atoms with Crippen LogP contribution in [0.5, 0.6) is 0 Å². The number of benzene rings is 1. The topological polar surface area (TPSA) is 133 Å². The summed E-state index contributed by atoms with van der Waals surface area (Å²) in [5.41, 5.74) is -1.88. The van der Waals surface area contributed by atoms with Crippen LogP contribution in [0.25, 0.3) is 5.69 Å². The van der Waals surface area contributed by atoms with Crippen LogP contribution in [0.15, 0.2) is 29.1 Å². The first-order valence-electron chi connectivity index (χ1n) is 7.54. The minimum Gasteiger partial charge on any atom is -0.477 e. The van der Waals surface area contributed by atoms with Crippen LogP contribution in [0.4, 0.5) is 0 Å². The molecule has 0 amide bonds. The van der Waals surface area contributed by atoms with Crippen molar-refractivity contribution in [2.75, 3.05) is 0 Å². The summed E-state index contributed by atoms with van der Waals surface area (Å²) >= 11 is 0. The van der Waals surface area contributed by atoms with Crippen LogP contribution in [0.2, 0.25) is 0 Å². The number of hydrogen-bond donors (Lipinski definition) is 2. The van der Waals surface area contributed by atoms with Crippen molar-refractivity contribution in [1.29, 1.82) is 5.26 Å².